The molecule has 0 N–H and O–H groups in total. The fourth-order valence-electron chi connectivity index (χ4n) is 1.90. The Kier molecular flexibility index (Phi) is 3.68. The van der Waals surface area contributed by atoms with Crippen molar-refractivity contribution in [1.29, 1.82) is 0 Å². The number of ether oxygens (including phenoxy) is 1. The van der Waals surface area contributed by atoms with Gasteiger partial charge in [0, 0.05) is 37.5 Å². The summed E-state index contributed by atoms with van der Waals surface area (Å²) in [4.78, 5) is 17.3. The van der Waals surface area contributed by atoms with Crippen LogP contribution < -0.4 is 0 Å². The van der Waals surface area contributed by atoms with Crippen LogP contribution in [0.25, 0.3) is 0 Å². The summed E-state index contributed by atoms with van der Waals surface area (Å²) in [5.74, 6) is -0.793. The number of carbonyl (C=O) groups excluding carboxylic acids is 1. The van der Waals surface area contributed by atoms with Gasteiger partial charge in [-0.1, -0.05) is 0 Å². The van der Waals surface area contributed by atoms with E-state index in [2.05, 4.69) is 4.98 Å². The van der Waals surface area contributed by atoms with Gasteiger partial charge in [-0.2, -0.15) is 4.39 Å². The lowest BCUT2D eigenvalue weighted by molar-refractivity contribution is 0.0562. The molecule has 0 aliphatic carbocycles. The van der Waals surface area contributed by atoms with Crippen LogP contribution in [0.2, 0.25) is 0 Å². The van der Waals surface area contributed by atoms with E-state index in [0.29, 0.717) is 25.3 Å². The highest BCUT2D eigenvalue weighted by molar-refractivity contribution is 5.94. The zero-order valence-corrected chi connectivity index (χ0v) is 9.73. The number of pyridine rings is 1. The van der Waals surface area contributed by atoms with Crippen molar-refractivity contribution in [3.05, 3.63) is 29.8 Å². The summed E-state index contributed by atoms with van der Waals surface area (Å²) in [6.07, 6.45) is 2.14. The van der Waals surface area contributed by atoms with Crippen molar-refractivity contribution in [2.24, 2.45) is 0 Å². The van der Waals surface area contributed by atoms with Gasteiger partial charge in [0.2, 0.25) is 5.95 Å². The number of carbonyl (C=O) groups is 1. The van der Waals surface area contributed by atoms with Gasteiger partial charge in [-0.05, 0) is 19.4 Å². The van der Waals surface area contributed by atoms with Crippen LogP contribution in [0.4, 0.5) is 4.39 Å². The number of rotatable bonds is 1. The second-order valence-corrected chi connectivity index (χ2v) is 4.15. The molecule has 1 aromatic rings. The van der Waals surface area contributed by atoms with Crippen molar-refractivity contribution in [2.45, 2.75) is 19.4 Å². The molecule has 0 radical (unpaired) electrons. The van der Waals surface area contributed by atoms with Gasteiger partial charge >= 0.3 is 0 Å². The molecular formula is C12H15FN2O2. The molecule has 2 rings (SSSR count). The second-order valence-electron chi connectivity index (χ2n) is 4.15. The summed E-state index contributed by atoms with van der Waals surface area (Å²) in [7, 11) is 0. The zero-order chi connectivity index (χ0) is 12.3. The van der Waals surface area contributed by atoms with Crippen molar-refractivity contribution in [2.75, 3.05) is 19.7 Å². The van der Waals surface area contributed by atoms with Gasteiger partial charge in [-0.25, -0.2) is 4.98 Å². The first-order valence-electron chi connectivity index (χ1n) is 5.69. The molecule has 0 aromatic carbocycles. The summed E-state index contributed by atoms with van der Waals surface area (Å²) in [5.41, 5.74) is 0.339. The average Bonchev–Trinajstić information content (AvgIpc) is 2.53. The van der Waals surface area contributed by atoms with Crippen molar-refractivity contribution in [1.82, 2.24) is 9.88 Å². The van der Waals surface area contributed by atoms with Crippen LogP contribution in [0.1, 0.15) is 23.7 Å². The van der Waals surface area contributed by atoms with E-state index in [1.54, 1.807) is 4.90 Å². The van der Waals surface area contributed by atoms with Gasteiger partial charge in [0.15, 0.2) is 0 Å². The maximum absolute atomic E-state index is 12.9. The van der Waals surface area contributed by atoms with Crippen LogP contribution >= 0.6 is 0 Å². The summed E-state index contributed by atoms with van der Waals surface area (Å²) in [5, 5.41) is 0. The molecule has 0 bridgehead atoms. The molecule has 2 heterocycles. The van der Waals surface area contributed by atoms with Crippen molar-refractivity contribution >= 4 is 5.91 Å². The highest BCUT2D eigenvalue weighted by Gasteiger charge is 2.21. The third kappa shape index (κ3) is 3.00. The van der Waals surface area contributed by atoms with E-state index < -0.39 is 5.95 Å². The first-order valence-corrected chi connectivity index (χ1v) is 5.69. The van der Waals surface area contributed by atoms with Crippen molar-refractivity contribution in [3.8, 4) is 0 Å². The topological polar surface area (TPSA) is 42.4 Å². The summed E-state index contributed by atoms with van der Waals surface area (Å²) < 4.78 is 18.4. The Labute approximate surface area is 99.4 Å². The molecule has 92 valence electrons. The molecule has 0 saturated carbocycles. The molecule has 1 atom stereocenters. The first kappa shape index (κ1) is 12.0. The monoisotopic (exact) mass is 238 g/mol. The number of amides is 1. The van der Waals surface area contributed by atoms with Crippen LogP contribution in [0, 0.1) is 5.95 Å². The Morgan fingerprint density at radius 3 is 3.24 bits per heavy atom. The van der Waals surface area contributed by atoms with E-state index in [-0.39, 0.29) is 12.0 Å². The minimum atomic E-state index is -0.630. The van der Waals surface area contributed by atoms with E-state index in [1.165, 1.54) is 18.3 Å². The van der Waals surface area contributed by atoms with Gasteiger partial charge in [-0.15, -0.1) is 0 Å². The quantitative estimate of drug-likeness (QED) is 0.696. The molecule has 4 nitrogen and oxygen atoms in total. The predicted octanol–water partition coefficient (Wildman–Crippen LogP) is 1.47. The summed E-state index contributed by atoms with van der Waals surface area (Å²) in [6.45, 7) is 3.78. The normalized spacial score (nSPS) is 21.1. The number of hydrogen-bond donors (Lipinski definition) is 0. The Hall–Kier alpha value is -1.49. The molecule has 1 saturated heterocycles. The predicted molar refractivity (Wildman–Crippen MR) is 60.1 cm³/mol. The van der Waals surface area contributed by atoms with Crippen molar-refractivity contribution < 1.29 is 13.9 Å². The molecule has 0 spiro atoms. The van der Waals surface area contributed by atoms with Crippen LogP contribution in [0.5, 0.6) is 0 Å². The SMILES string of the molecule is CC1CN(C(=O)c2ccnc(F)c2)CCCO1. The van der Waals surface area contributed by atoms with Gasteiger partial charge in [0.05, 0.1) is 6.10 Å². The second kappa shape index (κ2) is 5.23. The van der Waals surface area contributed by atoms with E-state index in [9.17, 15) is 9.18 Å². The molecule has 5 heteroatoms. The van der Waals surface area contributed by atoms with Crippen LogP contribution in [0.3, 0.4) is 0 Å². The lowest BCUT2D eigenvalue weighted by atomic mass is 10.2. The van der Waals surface area contributed by atoms with Crippen LogP contribution in [0.15, 0.2) is 18.3 Å². The molecule has 1 amide bonds. The molecule has 1 aliphatic heterocycles. The zero-order valence-electron chi connectivity index (χ0n) is 9.73. The maximum Gasteiger partial charge on any atom is 0.254 e. The highest BCUT2D eigenvalue weighted by Crippen LogP contribution is 2.11. The Balaban J connectivity index is 2.13. The Morgan fingerprint density at radius 2 is 2.47 bits per heavy atom. The third-order valence-corrected chi connectivity index (χ3v) is 2.71. The molecular weight excluding hydrogens is 223 g/mol. The van der Waals surface area contributed by atoms with Crippen LogP contribution in [-0.2, 0) is 4.74 Å². The van der Waals surface area contributed by atoms with E-state index in [4.69, 9.17) is 4.74 Å². The van der Waals surface area contributed by atoms with Gasteiger partial charge < -0.3 is 9.64 Å². The smallest absolute Gasteiger partial charge is 0.254 e. The van der Waals surface area contributed by atoms with Crippen LogP contribution in [-0.4, -0.2) is 41.6 Å². The fourth-order valence-corrected chi connectivity index (χ4v) is 1.90. The maximum atomic E-state index is 12.9. The summed E-state index contributed by atoms with van der Waals surface area (Å²) in [6, 6.07) is 2.70. The number of aromatic nitrogens is 1. The lowest BCUT2D eigenvalue weighted by Crippen LogP contribution is -2.36. The standard InChI is InChI=1S/C12H15FN2O2/c1-9-8-15(5-2-6-17-9)12(16)10-3-4-14-11(13)7-10/h3-4,7,9H,2,5-6,8H2,1H3. The van der Waals surface area contributed by atoms with E-state index >= 15 is 0 Å². The summed E-state index contributed by atoms with van der Waals surface area (Å²) >= 11 is 0. The number of hydrogen-bond acceptors (Lipinski definition) is 3. The Bertz CT molecular complexity index is 411. The van der Waals surface area contributed by atoms with Gasteiger partial charge in [0.1, 0.15) is 0 Å². The lowest BCUT2D eigenvalue weighted by Gasteiger charge is -2.22. The molecule has 17 heavy (non-hydrogen) atoms. The third-order valence-electron chi connectivity index (χ3n) is 2.71. The number of nitrogens with zero attached hydrogens (tertiary/aromatic N) is 2. The Morgan fingerprint density at radius 1 is 1.65 bits per heavy atom. The highest BCUT2D eigenvalue weighted by atomic mass is 19.1. The average molecular weight is 238 g/mol. The number of halogens is 1. The largest absolute Gasteiger partial charge is 0.377 e. The first-order chi connectivity index (χ1) is 8.16. The van der Waals surface area contributed by atoms with Crippen molar-refractivity contribution in [3.63, 3.8) is 0 Å². The van der Waals surface area contributed by atoms with E-state index in [1.807, 2.05) is 6.92 Å². The molecule has 1 unspecified atom stereocenters. The molecule has 1 aromatic heterocycles. The van der Waals surface area contributed by atoms with Gasteiger partial charge in [-0.3, -0.25) is 4.79 Å². The minimum Gasteiger partial charge on any atom is -0.377 e. The molecule has 1 aliphatic rings. The van der Waals surface area contributed by atoms with E-state index in [0.717, 1.165) is 6.42 Å². The van der Waals surface area contributed by atoms with Gasteiger partial charge in [0.25, 0.3) is 5.91 Å². The fraction of sp³-hybridized carbons (Fsp3) is 0.500. The minimum absolute atomic E-state index is 0.0214. The molecule has 1 fully saturated rings.